The minimum Gasteiger partial charge on any atom is -0.352 e. The average Bonchev–Trinajstić information content (AvgIpc) is 2.85. The molecule has 0 fully saturated rings. The number of nitrogens with zero attached hydrogens (tertiary/aromatic N) is 3. The van der Waals surface area contributed by atoms with Crippen molar-refractivity contribution in [3.63, 3.8) is 0 Å². The van der Waals surface area contributed by atoms with E-state index in [1.54, 1.807) is 7.05 Å². The van der Waals surface area contributed by atoms with Crippen LogP contribution in [0.15, 0.2) is 11.6 Å². The lowest BCUT2D eigenvalue weighted by atomic mass is 10.3. The molecule has 2 heterocycles. The minimum absolute atomic E-state index is 0.302. The van der Waals surface area contributed by atoms with E-state index in [-0.39, 0.29) is 6.54 Å². The van der Waals surface area contributed by atoms with Gasteiger partial charge in [0.25, 0.3) is 6.43 Å². The molecule has 0 aliphatic carbocycles. The molecule has 0 amide bonds. The molecule has 2 rings (SSSR count). The monoisotopic (exact) mass is 274 g/mol. The van der Waals surface area contributed by atoms with Crippen LogP contribution in [0.3, 0.4) is 0 Å². The van der Waals surface area contributed by atoms with E-state index in [1.807, 2.05) is 22.9 Å². The third-order valence-corrected chi connectivity index (χ3v) is 3.41. The maximum absolute atomic E-state index is 12.4. The summed E-state index contributed by atoms with van der Waals surface area (Å²) in [6.07, 6.45) is -0.443. The van der Waals surface area contributed by atoms with Gasteiger partial charge in [0.15, 0.2) is 10.8 Å². The SMILES string of the molecule is CCNCc1c(N(C)CC(F)F)nc2sccn12. The summed E-state index contributed by atoms with van der Waals surface area (Å²) in [5, 5.41) is 5.15. The van der Waals surface area contributed by atoms with Crippen LogP contribution in [-0.4, -0.2) is 35.9 Å². The van der Waals surface area contributed by atoms with E-state index in [1.165, 1.54) is 16.2 Å². The van der Waals surface area contributed by atoms with Gasteiger partial charge in [0.2, 0.25) is 0 Å². The summed E-state index contributed by atoms with van der Waals surface area (Å²) in [4.78, 5) is 6.76. The van der Waals surface area contributed by atoms with E-state index in [9.17, 15) is 8.78 Å². The molecule has 1 N–H and O–H groups in total. The molecule has 18 heavy (non-hydrogen) atoms. The number of nitrogens with one attached hydrogen (secondary N) is 1. The van der Waals surface area contributed by atoms with Gasteiger partial charge in [-0.1, -0.05) is 6.92 Å². The second kappa shape index (κ2) is 5.62. The van der Waals surface area contributed by atoms with Gasteiger partial charge in [-0.3, -0.25) is 4.40 Å². The van der Waals surface area contributed by atoms with Crippen molar-refractivity contribution in [1.29, 1.82) is 0 Å². The smallest absolute Gasteiger partial charge is 0.255 e. The Balaban J connectivity index is 2.32. The molecule has 100 valence electrons. The fourth-order valence-electron chi connectivity index (χ4n) is 1.83. The molecule has 0 unspecified atom stereocenters. The topological polar surface area (TPSA) is 32.6 Å². The molecule has 0 atom stereocenters. The predicted molar refractivity (Wildman–Crippen MR) is 69.7 cm³/mol. The number of alkyl halides is 2. The molecule has 0 saturated carbocycles. The first-order valence-electron chi connectivity index (χ1n) is 5.78. The number of imidazole rings is 1. The molecule has 4 nitrogen and oxygen atoms in total. The van der Waals surface area contributed by atoms with Gasteiger partial charge in [-0.05, 0) is 6.54 Å². The van der Waals surface area contributed by atoms with Crippen molar-refractivity contribution in [3.05, 3.63) is 17.3 Å². The second-order valence-electron chi connectivity index (χ2n) is 3.99. The lowest BCUT2D eigenvalue weighted by Crippen LogP contribution is -2.26. The molecule has 0 radical (unpaired) electrons. The van der Waals surface area contributed by atoms with Gasteiger partial charge in [0.1, 0.15) is 0 Å². The molecule has 2 aromatic rings. The summed E-state index contributed by atoms with van der Waals surface area (Å²) in [7, 11) is 1.65. The summed E-state index contributed by atoms with van der Waals surface area (Å²) < 4.78 is 26.8. The summed E-state index contributed by atoms with van der Waals surface area (Å²) >= 11 is 1.50. The van der Waals surface area contributed by atoms with Crippen LogP contribution < -0.4 is 10.2 Å². The van der Waals surface area contributed by atoms with Gasteiger partial charge < -0.3 is 10.2 Å². The second-order valence-corrected chi connectivity index (χ2v) is 4.86. The zero-order valence-corrected chi connectivity index (χ0v) is 11.2. The Labute approximate surface area is 108 Å². The Morgan fingerprint density at radius 2 is 2.33 bits per heavy atom. The molecule has 0 spiro atoms. The summed E-state index contributed by atoms with van der Waals surface area (Å²) in [5.41, 5.74) is 0.927. The predicted octanol–water partition coefficient (Wildman–Crippen LogP) is 2.21. The Morgan fingerprint density at radius 1 is 1.56 bits per heavy atom. The standard InChI is InChI=1S/C11H16F2N4S/c1-3-14-6-8-10(16(2)7-9(12)13)15-11-17(8)4-5-18-11/h4-5,9,14H,3,6-7H2,1-2H3. The van der Waals surface area contributed by atoms with Crippen molar-refractivity contribution >= 4 is 22.1 Å². The van der Waals surface area contributed by atoms with Crippen molar-refractivity contribution in [2.24, 2.45) is 0 Å². The number of fused-ring (bicyclic) bond motifs is 1. The molecule has 0 bridgehead atoms. The number of halogens is 2. The highest BCUT2D eigenvalue weighted by molar-refractivity contribution is 7.15. The number of anilines is 1. The summed E-state index contributed by atoms with van der Waals surface area (Å²) in [5.74, 6) is 0.628. The zero-order chi connectivity index (χ0) is 13.1. The molecule has 0 aromatic carbocycles. The fraction of sp³-hybridized carbons (Fsp3) is 0.545. The maximum atomic E-state index is 12.4. The number of aromatic nitrogens is 2. The number of hydrogen-bond donors (Lipinski definition) is 1. The molecule has 0 aliphatic rings. The highest BCUT2D eigenvalue weighted by Gasteiger charge is 2.18. The molecule has 7 heteroatoms. The van der Waals surface area contributed by atoms with Crippen molar-refractivity contribution in [2.75, 3.05) is 25.0 Å². The van der Waals surface area contributed by atoms with E-state index in [0.29, 0.717) is 12.4 Å². The third kappa shape index (κ3) is 2.62. The van der Waals surface area contributed by atoms with Crippen LogP contribution in [0, 0.1) is 0 Å². The van der Waals surface area contributed by atoms with Crippen LogP contribution in [0.5, 0.6) is 0 Å². The first-order chi connectivity index (χ1) is 8.63. The van der Waals surface area contributed by atoms with Crippen LogP contribution in [0.2, 0.25) is 0 Å². The molecular weight excluding hydrogens is 258 g/mol. The maximum Gasteiger partial charge on any atom is 0.255 e. The molecular formula is C11H16F2N4S. The first-order valence-corrected chi connectivity index (χ1v) is 6.65. The largest absolute Gasteiger partial charge is 0.352 e. The van der Waals surface area contributed by atoms with Crippen LogP contribution in [0.1, 0.15) is 12.6 Å². The van der Waals surface area contributed by atoms with E-state index in [2.05, 4.69) is 10.3 Å². The normalized spacial score (nSPS) is 11.6. The minimum atomic E-state index is -2.36. The molecule has 0 saturated heterocycles. The first kappa shape index (κ1) is 13.2. The van der Waals surface area contributed by atoms with E-state index in [4.69, 9.17) is 0 Å². The highest BCUT2D eigenvalue weighted by Crippen LogP contribution is 2.24. The van der Waals surface area contributed by atoms with E-state index in [0.717, 1.165) is 17.2 Å². The Hall–Kier alpha value is -1.21. The van der Waals surface area contributed by atoms with Crippen LogP contribution >= 0.6 is 11.3 Å². The van der Waals surface area contributed by atoms with Gasteiger partial charge in [-0.15, -0.1) is 11.3 Å². The van der Waals surface area contributed by atoms with Gasteiger partial charge in [-0.2, -0.15) is 0 Å². The quantitative estimate of drug-likeness (QED) is 0.876. The zero-order valence-electron chi connectivity index (χ0n) is 10.4. The Bertz CT molecular complexity index is 508. The summed E-state index contributed by atoms with van der Waals surface area (Å²) in [6, 6.07) is 0. The highest BCUT2D eigenvalue weighted by atomic mass is 32.1. The van der Waals surface area contributed by atoms with Crippen molar-refractivity contribution < 1.29 is 8.78 Å². The third-order valence-electron chi connectivity index (χ3n) is 2.66. The van der Waals surface area contributed by atoms with Gasteiger partial charge in [-0.25, -0.2) is 13.8 Å². The summed E-state index contributed by atoms with van der Waals surface area (Å²) in [6.45, 7) is 3.16. The lowest BCUT2D eigenvalue weighted by molar-refractivity contribution is 0.156. The Morgan fingerprint density at radius 3 is 3.00 bits per heavy atom. The van der Waals surface area contributed by atoms with Crippen LogP contribution in [0.25, 0.3) is 4.96 Å². The van der Waals surface area contributed by atoms with Crippen molar-refractivity contribution in [1.82, 2.24) is 14.7 Å². The van der Waals surface area contributed by atoms with Gasteiger partial charge in [0, 0.05) is 25.2 Å². The number of thiazole rings is 1. The van der Waals surface area contributed by atoms with Crippen LogP contribution in [0.4, 0.5) is 14.6 Å². The van der Waals surface area contributed by atoms with Gasteiger partial charge >= 0.3 is 0 Å². The Kier molecular flexibility index (Phi) is 4.13. The molecule has 2 aromatic heterocycles. The average molecular weight is 274 g/mol. The number of rotatable bonds is 6. The van der Waals surface area contributed by atoms with Crippen molar-refractivity contribution in [3.8, 4) is 0 Å². The molecule has 0 aliphatic heterocycles. The van der Waals surface area contributed by atoms with E-state index < -0.39 is 6.43 Å². The fourth-order valence-corrected chi connectivity index (χ4v) is 2.56. The number of hydrogen-bond acceptors (Lipinski definition) is 4. The lowest BCUT2D eigenvalue weighted by Gasteiger charge is -2.17. The van der Waals surface area contributed by atoms with E-state index >= 15 is 0 Å². The van der Waals surface area contributed by atoms with Gasteiger partial charge in [0.05, 0.1) is 12.2 Å². The van der Waals surface area contributed by atoms with Crippen LogP contribution in [-0.2, 0) is 6.54 Å². The van der Waals surface area contributed by atoms with Crippen molar-refractivity contribution in [2.45, 2.75) is 19.9 Å².